The molecule has 0 radical (unpaired) electrons. The standard InChI is InChI=1S/C14H16N2O4/c1-14(2)13(18)15-5-6-16(14)12(17)9-3-4-10-11(7-9)20-8-19-10/h3-4,7H,5-6,8H2,1-2H3,(H,15,18). The van der Waals surface area contributed by atoms with Crippen molar-refractivity contribution in [3.05, 3.63) is 23.8 Å². The van der Waals surface area contributed by atoms with Gasteiger partial charge in [-0.1, -0.05) is 0 Å². The first-order valence-electron chi connectivity index (χ1n) is 6.50. The largest absolute Gasteiger partial charge is 0.454 e. The molecule has 0 atom stereocenters. The molecule has 6 heteroatoms. The van der Waals surface area contributed by atoms with Gasteiger partial charge in [-0.05, 0) is 32.0 Å². The normalized spacial score (nSPS) is 19.7. The molecule has 1 N–H and O–H groups in total. The minimum Gasteiger partial charge on any atom is -0.454 e. The van der Waals surface area contributed by atoms with E-state index in [2.05, 4.69) is 5.32 Å². The molecule has 1 aromatic rings. The van der Waals surface area contributed by atoms with Crippen LogP contribution in [-0.4, -0.2) is 42.1 Å². The number of amides is 2. The molecular formula is C14H16N2O4. The fourth-order valence-corrected chi connectivity index (χ4v) is 2.44. The lowest BCUT2D eigenvalue weighted by Gasteiger charge is -2.41. The molecule has 6 nitrogen and oxygen atoms in total. The van der Waals surface area contributed by atoms with Crippen molar-refractivity contribution in [2.24, 2.45) is 0 Å². The molecule has 0 saturated carbocycles. The van der Waals surface area contributed by atoms with Crippen molar-refractivity contribution in [3.8, 4) is 11.5 Å². The Bertz CT molecular complexity index is 583. The maximum Gasteiger partial charge on any atom is 0.254 e. The summed E-state index contributed by atoms with van der Waals surface area (Å²) in [5, 5.41) is 2.77. The molecule has 1 saturated heterocycles. The van der Waals surface area contributed by atoms with E-state index in [0.29, 0.717) is 30.2 Å². The van der Waals surface area contributed by atoms with Gasteiger partial charge in [0.25, 0.3) is 5.91 Å². The summed E-state index contributed by atoms with van der Waals surface area (Å²) < 4.78 is 10.5. The predicted octanol–water partition coefficient (Wildman–Crippen LogP) is 0.766. The lowest BCUT2D eigenvalue weighted by Crippen LogP contribution is -2.63. The molecule has 0 spiro atoms. The van der Waals surface area contributed by atoms with E-state index >= 15 is 0 Å². The van der Waals surface area contributed by atoms with Crippen LogP contribution in [0.15, 0.2) is 18.2 Å². The Morgan fingerprint density at radius 3 is 2.85 bits per heavy atom. The van der Waals surface area contributed by atoms with E-state index in [1.54, 1.807) is 36.9 Å². The number of benzene rings is 1. The summed E-state index contributed by atoms with van der Waals surface area (Å²) in [4.78, 5) is 26.1. The van der Waals surface area contributed by atoms with E-state index in [1.807, 2.05) is 0 Å². The zero-order valence-electron chi connectivity index (χ0n) is 11.4. The third kappa shape index (κ3) is 1.88. The molecule has 20 heavy (non-hydrogen) atoms. The van der Waals surface area contributed by atoms with Crippen LogP contribution in [0.4, 0.5) is 0 Å². The molecular weight excluding hydrogens is 260 g/mol. The van der Waals surface area contributed by atoms with Gasteiger partial charge in [-0.2, -0.15) is 0 Å². The molecule has 0 aliphatic carbocycles. The fraction of sp³-hybridized carbons (Fsp3) is 0.429. The van der Waals surface area contributed by atoms with E-state index < -0.39 is 5.54 Å². The van der Waals surface area contributed by atoms with E-state index in [4.69, 9.17) is 9.47 Å². The van der Waals surface area contributed by atoms with Gasteiger partial charge in [0.2, 0.25) is 12.7 Å². The van der Waals surface area contributed by atoms with Gasteiger partial charge < -0.3 is 19.7 Å². The monoisotopic (exact) mass is 276 g/mol. The highest BCUT2D eigenvalue weighted by Gasteiger charge is 2.40. The summed E-state index contributed by atoms with van der Waals surface area (Å²) >= 11 is 0. The number of carbonyl (C=O) groups is 2. The number of carbonyl (C=O) groups excluding carboxylic acids is 2. The van der Waals surface area contributed by atoms with Gasteiger partial charge in [-0.25, -0.2) is 0 Å². The minimum atomic E-state index is -0.855. The van der Waals surface area contributed by atoms with Crippen LogP contribution in [-0.2, 0) is 4.79 Å². The summed E-state index contributed by atoms with van der Waals surface area (Å²) in [5.74, 6) is 0.883. The Morgan fingerprint density at radius 1 is 1.30 bits per heavy atom. The number of rotatable bonds is 1. The average Bonchev–Trinajstić information content (AvgIpc) is 2.88. The van der Waals surface area contributed by atoms with Gasteiger partial charge in [0.05, 0.1) is 0 Å². The highest BCUT2D eigenvalue weighted by atomic mass is 16.7. The van der Waals surface area contributed by atoms with Crippen LogP contribution in [0.3, 0.4) is 0 Å². The smallest absolute Gasteiger partial charge is 0.254 e. The average molecular weight is 276 g/mol. The van der Waals surface area contributed by atoms with Crippen molar-refractivity contribution >= 4 is 11.8 Å². The van der Waals surface area contributed by atoms with E-state index in [0.717, 1.165) is 0 Å². The van der Waals surface area contributed by atoms with Crippen molar-refractivity contribution in [2.75, 3.05) is 19.9 Å². The molecule has 1 fully saturated rings. The molecule has 2 aliphatic heterocycles. The van der Waals surface area contributed by atoms with Crippen LogP contribution >= 0.6 is 0 Å². The molecule has 106 valence electrons. The third-order valence-corrected chi connectivity index (χ3v) is 3.72. The number of ether oxygens (including phenoxy) is 2. The van der Waals surface area contributed by atoms with Crippen molar-refractivity contribution < 1.29 is 19.1 Å². The zero-order valence-corrected chi connectivity index (χ0v) is 11.4. The van der Waals surface area contributed by atoms with Crippen LogP contribution < -0.4 is 14.8 Å². The number of nitrogens with one attached hydrogen (secondary N) is 1. The third-order valence-electron chi connectivity index (χ3n) is 3.72. The topological polar surface area (TPSA) is 67.9 Å². The van der Waals surface area contributed by atoms with Crippen molar-refractivity contribution in [1.82, 2.24) is 10.2 Å². The van der Waals surface area contributed by atoms with Crippen LogP contribution in [0.5, 0.6) is 11.5 Å². The van der Waals surface area contributed by atoms with Crippen LogP contribution in [0.2, 0.25) is 0 Å². The van der Waals surface area contributed by atoms with E-state index in [1.165, 1.54) is 0 Å². The number of fused-ring (bicyclic) bond motifs is 1. The number of hydrogen-bond acceptors (Lipinski definition) is 4. The number of hydrogen-bond donors (Lipinski definition) is 1. The van der Waals surface area contributed by atoms with E-state index in [-0.39, 0.29) is 18.6 Å². The second kappa shape index (κ2) is 4.40. The lowest BCUT2D eigenvalue weighted by atomic mass is 9.97. The Morgan fingerprint density at radius 2 is 2.05 bits per heavy atom. The van der Waals surface area contributed by atoms with Crippen LogP contribution in [0, 0.1) is 0 Å². The Kier molecular flexibility index (Phi) is 2.81. The molecule has 0 bridgehead atoms. The summed E-state index contributed by atoms with van der Waals surface area (Å²) in [6.45, 7) is 4.62. The summed E-state index contributed by atoms with van der Waals surface area (Å²) in [5.41, 5.74) is -0.358. The molecule has 2 amide bonds. The van der Waals surface area contributed by atoms with Gasteiger partial charge in [-0.3, -0.25) is 9.59 Å². The summed E-state index contributed by atoms with van der Waals surface area (Å²) in [6.07, 6.45) is 0. The predicted molar refractivity (Wildman–Crippen MR) is 70.7 cm³/mol. The molecule has 3 rings (SSSR count). The van der Waals surface area contributed by atoms with Gasteiger partial charge in [0, 0.05) is 18.7 Å². The highest BCUT2D eigenvalue weighted by Crippen LogP contribution is 2.33. The first-order chi connectivity index (χ1) is 9.50. The fourth-order valence-electron chi connectivity index (χ4n) is 2.44. The van der Waals surface area contributed by atoms with Gasteiger partial charge >= 0.3 is 0 Å². The maximum absolute atomic E-state index is 12.6. The van der Waals surface area contributed by atoms with Crippen molar-refractivity contribution in [1.29, 1.82) is 0 Å². The van der Waals surface area contributed by atoms with Gasteiger partial charge in [0.1, 0.15) is 5.54 Å². The molecule has 1 aromatic carbocycles. The molecule has 2 heterocycles. The summed E-state index contributed by atoms with van der Waals surface area (Å²) in [7, 11) is 0. The number of piperazine rings is 1. The Hall–Kier alpha value is -2.24. The van der Waals surface area contributed by atoms with Crippen molar-refractivity contribution in [2.45, 2.75) is 19.4 Å². The zero-order chi connectivity index (χ0) is 14.3. The second-order valence-corrected chi connectivity index (χ2v) is 5.34. The lowest BCUT2D eigenvalue weighted by molar-refractivity contribution is -0.133. The van der Waals surface area contributed by atoms with Crippen LogP contribution in [0.25, 0.3) is 0 Å². The first kappa shape index (κ1) is 12.8. The number of nitrogens with zero attached hydrogens (tertiary/aromatic N) is 1. The Balaban J connectivity index is 1.90. The second-order valence-electron chi connectivity index (χ2n) is 5.34. The minimum absolute atomic E-state index is 0.141. The maximum atomic E-state index is 12.6. The SMILES string of the molecule is CC1(C)C(=O)NCCN1C(=O)c1ccc2c(c1)OCO2. The van der Waals surface area contributed by atoms with Gasteiger partial charge in [-0.15, -0.1) is 0 Å². The highest BCUT2D eigenvalue weighted by molar-refractivity contribution is 6.00. The molecule has 0 unspecified atom stereocenters. The van der Waals surface area contributed by atoms with E-state index in [9.17, 15) is 9.59 Å². The first-order valence-corrected chi connectivity index (χ1v) is 6.50. The van der Waals surface area contributed by atoms with Crippen molar-refractivity contribution in [3.63, 3.8) is 0 Å². The molecule has 2 aliphatic rings. The molecule has 0 aromatic heterocycles. The van der Waals surface area contributed by atoms with Gasteiger partial charge in [0.15, 0.2) is 11.5 Å². The Labute approximate surface area is 116 Å². The van der Waals surface area contributed by atoms with Crippen LogP contribution in [0.1, 0.15) is 24.2 Å². The summed E-state index contributed by atoms with van der Waals surface area (Å²) in [6, 6.07) is 5.07. The quantitative estimate of drug-likeness (QED) is 0.822.